The molecule has 0 aliphatic rings. The fourth-order valence-corrected chi connectivity index (χ4v) is 2.71. The van der Waals surface area contributed by atoms with Crippen molar-refractivity contribution >= 4 is 12.2 Å². The molecule has 0 saturated heterocycles. The smallest absolute Gasteiger partial charge is 0.447 e. The van der Waals surface area contributed by atoms with Crippen molar-refractivity contribution in [2.45, 2.75) is 54.8 Å². The summed E-state index contributed by atoms with van der Waals surface area (Å²) in [5.74, 6) is -37.9. The largest absolute Gasteiger partial charge is 0.460 e. The van der Waals surface area contributed by atoms with Crippen molar-refractivity contribution in [1.29, 1.82) is 0 Å². The number of nitrogens with one attached hydrogen (secondary N) is 2. The van der Waals surface area contributed by atoms with Crippen molar-refractivity contribution in [2.75, 3.05) is 67.1 Å². The summed E-state index contributed by atoms with van der Waals surface area (Å²) in [5, 5.41) is 3.24. The Morgan fingerprint density at radius 3 is 1.27 bits per heavy atom. The van der Waals surface area contributed by atoms with Crippen LogP contribution in [0.5, 0.6) is 0 Å². The molecule has 0 aliphatic heterocycles. The van der Waals surface area contributed by atoms with Crippen LogP contribution in [0.4, 0.5) is 66.7 Å². The predicted octanol–water partition coefficient (Wildman–Crippen LogP) is 4.61. The van der Waals surface area contributed by atoms with Gasteiger partial charge in [-0.3, -0.25) is 0 Å². The number of hydrogen-bond donors (Lipinski definition) is 2. The predicted molar refractivity (Wildman–Crippen MR) is 118 cm³/mol. The lowest BCUT2D eigenvalue weighted by atomic mass is 9.91. The van der Waals surface area contributed by atoms with E-state index in [-0.39, 0.29) is 39.6 Å². The second-order valence-electron chi connectivity index (χ2n) is 8.36. The van der Waals surface area contributed by atoms with E-state index in [2.05, 4.69) is 18.9 Å². The van der Waals surface area contributed by atoms with Crippen LogP contribution in [0.3, 0.4) is 0 Å². The third kappa shape index (κ3) is 11.1. The molecule has 23 heteroatoms. The highest BCUT2D eigenvalue weighted by Crippen LogP contribution is 2.60. The van der Waals surface area contributed by atoms with Crippen molar-refractivity contribution in [2.24, 2.45) is 0 Å². The van der Waals surface area contributed by atoms with Gasteiger partial charge in [-0.1, -0.05) is 0 Å². The van der Waals surface area contributed by atoms with Crippen LogP contribution in [0, 0.1) is 0 Å². The van der Waals surface area contributed by atoms with Gasteiger partial charge in [0.05, 0.1) is 39.6 Å². The van der Waals surface area contributed by atoms with Gasteiger partial charge in [0, 0.05) is 20.6 Å². The first kappa shape index (κ1) is 41.5. The molecule has 0 bridgehead atoms. The first-order valence-electron chi connectivity index (χ1n) is 12.0. The number of ether oxygens (including phenoxy) is 6. The number of alkyl carbamates (subject to hydrolysis) is 2. The molecule has 0 heterocycles. The Labute approximate surface area is 240 Å². The maximum atomic E-state index is 14.2. The minimum absolute atomic E-state index is 0.0363. The lowest BCUT2D eigenvalue weighted by Gasteiger charge is -2.40. The Morgan fingerprint density at radius 2 is 0.909 bits per heavy atom. The van der Waals surface area contributed by atoms with Crippen molar-refractivity contribution in [3.63, 3.8) is 0 Å². The Bertz CT molecular complexity index is 849. The number of hydrogen-bond acceptors (Lipinski definition) is 8. The normalized spacial score (nSPS) is 13.6. The molecule has 44 heavy (non-hydrogen) atoms. The van der Waals surface area contributed by atoms with Crippen molar-refractivity contribution < 1.29 is 95.1 Å². The van der Waals surface area contributed by atoms with E-state index in [4.69, 9.17) is 9.47 Å². The zero-order valence-corrected chi connectivity index (χ0v) is 22.8. The van der Waals surface area contributed by atoms with Gasteiger partial charge in [0.15, 0.2) is 0 Å². The van der Waals surface area contributed by atoms with Crippen LogP contribution in [0.1, 0.15) is 12.8 Å². The topological polar surface area (TPSA) is 114 Å². The summed E-state index contributed by atoms with van der Waals surface area (Å²) in [6.07, 6.45) is -17.4. The molecular weight excluding hydrogens is 655 g/mol. The van der Waals surface area contributed by atoms with Crippen molar-refractivity contribution in [3.05, 3.63) is 0 Å². The summed E-state index contributed by atoms with van der Waals surface area (Å²) in [5.41, 5.74) is 0. The molecule has 0 rings (SSSR count). The van der Waals surface area contributed by atoms with Crippen molar-refractivity contribution in [3.8, 4) is 0 Å². The summed E-state index contributed by atoms with van der Waals surface area (Å²) in [6.45, 7) is -1.26. The Morgan fingerprint density at radius 1 is 0.545 bits per heavy atom. The second-order valence-corrected chi connectivity index (χ2v) is 8.36. The fourth-order valence-electron chi connectivity index (χ4n) is 2.71. The van der Waals surface area contributed by atoms with Gasteiger partial charge in [0.2, 0.25) is 0 Å². The summed E-state index contributed by atoms with van der Waals surface area (Å²) in [4.78, 5) is 23.8. The number of alkyl halides is 13. The number of amides is 2. The highest BCUT2D eigenvalue weighted by Gasteiger charge is 2.90. The van der Waals surface area contributed by atoms with E-state index in [0.29, 0.717) is 0 Å². The average molecular weight is 684 g/mol. The molecule has 0 unspecified atom stereocenters. The Hall–Kier alpha value is -2.53. The zero-order valence-electron chi connectivity index (χ0n) is 22.8. The standard InChI is InChI=1S/C21H29F13N2O8/c1-39-5-7-41-9-11-43-14(37)35-13(36-15(38)44-12-10-42-8-6-40-2)3-4-16(22,23)17(24,25)18(26,27)19(28,29)20(30,31)21(32,33)34/h13H,3-12H2,1-2H3,(H,35,37)(H,36,38). The number of rotatable bonds is 21. The first-order chi connectivity index (χ1) is 20.0. The molecule has 262 valence electrons. The third-order valence-corrected chi connectivity index (χ3v) is 5.11. The molecule has 0 spiro atoms. The molecule has 0 saturated carbocycles. The van der Waals surface area contributed by atoms with E-state index in [1.807, 2.05) is 0 Å². The van der Waals surface area contributed by atoms with Gasteiger partial charge in [0.25, 0.3) is 0 Å². The SMILES string of the molecule is COCCOCCOC(=O)NC(CCC(F)(F)C(F)(F)C(F)(F)C(F)(F)C(F)(F)C(F)(F)F)NC(=O)OCCOCCOC. The molecule has 0 aliphatic carbocycles. The molecular formula is C21H29F13N2O8. The molecule has 0 aromatic carbocycles. The average Bonchev–Trinajstić information content (AvgIpc) is 2.90. The molecule has 0 aromatic heterocycles. The highest BCUT2D eigenvalue weighted by molar-refractivity contribution is 5.70. The lowest BCUT2D eigenvalue weighted by Crippen LogP contribution is -2.70. The molecule has 0 radical (unpaired) electrons. The van der Waals surface area contributed by atoms with Gasteiger partial charge in [0.1, 0.15) is 19.4 Å². The summed E-state index contributed by atoms with van der Waals surface area (Å²) in [7, 11) is 2.67. The molecule has 2 N–H and O–H groups in total. The molecule has 2 amide bonds. The van der Waals surface area contributed by atoms with E-state index >= 15 is 0 Å². The number of methoxy groups -OCH3 is 2. The minimum Gasteiger partial charge on any atom is -0.447 e. The van der Waals surface area contributed by atoms with Crippen molar-refractivity contribution in [1.82, 2.24) is 10.6 Å². The molecule has 0 atom stereocenters. The van der Waals surface area contributed by atoms with Crippen LogP contribution >= 0.6 is 0 Å². The fraction of sp³-hybridized carbons (Fsp3) is 0.905. The van der Waals surface area contributed by atoms with Crippen LogP contribution in [0.2, 0.25) is 0 Å². The maximum absolute atomic E-state index is 14.2. The highest BCUT2D eigenvalue weighted by atomic mass is 19.4. The molecule has 0 fully saturated rings. The van der Waals surface area contributed by atoms with E-state index in [1.165, 1.54) is 14.2 Å². The van der Waals surface area contributed by atoms with Gasteiger partial charge >= 0.3 is 48.0 Å². The first-order valence-corrected chi connectivity index (χ1v) is 12.0. The Kier molecular flexibility index (Phi) is 16.3. The Balaban J connectivity index is 5.70. The second kappa shape index (κ2) is 17.2. The van der Waals surface area contributed by atoms with E-state index in [9.17, 15) is 66.7 Å². The van der Waals surface area contributed by atoms with Gasteiger partial charge in [-0.2, -0.15) is 57.1 Å². The van der Waals surface area contributed by atoms with Crippen LogP contribution in [0.15, 0.2) is 0 Å². The molecule has 0 aromatic rings. The quantitative estimate of drug-likeness (QED) is 0.103. The van der Waals surface area contributed by atoms with Gasteiger partial charge in [-0.05, 0) is 6.42 Å². The van der Waals surface area contributed by atoms with Crippen LogP contribution in [0.25, 0.3) is 0 Å². The van der Waals surface area contributed by atoms with Crippen LogP contribution in [-0.4, -0.2) is 121 Å². The maximum Gasteiger partial charge on any atom is 0.460 e. The van der Waals surface area contributed by atoms with E-state index < -0.39 is 80.2 Å². The molecule has 10 nitrogen and oxygen atoms in total. The minimum atomic E-state index is -8.06. The lowest BCUT2D eigenvalue weighted by molar-refractivity contribution is -0.440. The van der Waals surface area contributed by atoms with Gasteiger partial charge in [-0.25, -0.2) is 9.59 Å². The van der Waals surface area contributed by atoms with Crippen LogP contribution in [-0.2, 0) is 28.4 Å². The van der Waals surface area contributed by atoms with Gasteiger partial charge in [-0.15, -0.1) is 0 Å². The van der Waals surface area contributed by atoms with E-state index in [1.54, 1.807) is 10.6 Å². The number of halogens is 13. The summed E-state index contributed by atoms with van der Waals surface area (Å²) in [6, 6.07) is 0. The zero-order chi connectivity index (χ0) is 34.5. The van der Waals surface area contributed by atoms with Gasteiger partial charge < -0.3 is 39.1 Å². The summed E-state index contributed by atoms with van der Waals surface area (Å²) >= 11 is 0. The monoisotopic (exact) mass is 684 g/mol. The van der Waals surface area contributed by atoms with E-state index in [0.717, 1.165) is 0 Å². The van der Waals surface area contributed by atoms with Crippen LogP contribution < -0.4 is 10.6 Å². The third-order valence-electron chi connectivity index (χ3n) is 5.11. The summed E-state index contributed by atoms with van der Waals surface area (Å²) < 4.78 is 202. The number of carbonyl (C=O) groups excluding carboxylic acids is 2. The number of carbonyl (C=O) groups is 2.